The molecule has 11 nitrogen and oxygen atoms in total. The van der Waals surface area contributed by atoms with Gasteiger partial charge in [0.05, 0.1) is 10.6 Å². The zero-order chi connectivity index (χ0) is 22.1. The van der Waals surface area contributed by atoms with Gasteiger partial charge in [-0.2, -0.15) is 36.2 Å². The molecule has 0 aliphatic carbocycles. The van der Waals surface area contributed by atoms with E-state index in [0.29, 0.717) is 0 Å². The van der Waals surface area contributed by atoms with Crippen LogP contribution in [0.1, 0.15) is 11.4 Å². The fourth-order valence-corrected chi connectivity index (χ4v) is 3.91. The molecule has 0 saturated heterocycles. The number of benzene rings is 2. The lowest BCUT2D eigenvalue weighted by Crippen LogP contribution is -2.09. The van der Waals surface area contributed by atoms with E-state index in [1.54, 1.807) is 0 Å². The quantitative estimate of drug-likeness (QED) is 0.311. The molecule has 0 aliphatic rings. The number of anilines is 3. The lowest BCUT2D eigenvalue weighted by Gasteiger charge is -2.10. The highest BCUT2D eigenvalue weighted by Crippen LogP contribution is 2.24. The highest BCUT2D eigenvalue weighted by Gasteiger charge is 2.18. The molecule has 0 bridgehead atoms. The van der Waals surface area contributed by atoms with Gasteiger partial charge in [0, 0.05) is 12.1 Å². The Kier molecular flexibility index (Phi) is 5.67. The molecule has 0 atom stereocenters. The van der Waals surface area contributed by atoms with Gasteiger partial charge < -0.3 is 11.1 Å². The first-order valence-corrected chi connectivity index (χ1v) is 10.9. The van der Waals surface area contributed by atoms with E-state index in [2.05, 4.69) is 20.3 Å². The van der Waals surface area contributed by atoms with Gasteiger partial charge >= 0.3 is 6.08 Å². The first-order chi connectivity index (χ1) is 13.9. The summed E-state index contributed by atoms with van der Waals surface area (Å²) in [5, 5.41) is 2.61. The van der Waals surface area contributed by atoms with Gasteiger partial charge in [-0.3, -0.25) is 9.11 Å². The number of hydrogen-bond donors (Lipinski definition) is 4. The fourth-order valence-electron chi connectivity index (χ4n) is 2.59. The lowest BCUT2D eigenvalue weighted by atomic mass is 10.1. The van der Waals surface area contributed by atoms with Crippen molar-refractivity contribution in [3.63, 3.8) is 0 Å². The van der Waals surface area contributed by atoms with Crippen LogP contribution in [0.3, 0.4) is 0 Å². The molecule has 0 saturated carbocycles. The Morgan fingerprint density at radius 1 is 0.933 bits per heavy atom. The molecule has 3 aromatic rings. The van der Waals surface area contributed by atoms with Crippen LogP contribution in [0.5, 0.6) is 0 Å². The Morgan fingerprint density at radius 3 is 2.23 bits per heavy atom. The SMILES string of the molecule is Nc1cc(Nc2nc(F)nc(Cc3ccccc3S(=O)(=O)O)n2)ccc1S(=O)(=O)O. The zero-order valence-electron chi connectivity index (χ0n) is 14.9. The maximum Gasteiger partial charge on any atom is 0.313 e. The normalized spacial score (nSPS) is 12.0. The van der Waals surface area contributed by atoms with Crippen LogP contribution in [0.15, 0.2) is 52.3 Å². The average molecular weight is 455 g/mol. The Bertz CT molecular complexity index is 1330. The van der Waals surface area contributed by atoms with E-state index >= 15 is 0 Å². The second-order valence-electron chi connectivity index (χ2n) is 5.96. The van der Waals surface area contributed by atoms with Gasteiger partial charge in [0.1, 0.15) is 10.7 Å². The van der Waals surface area contributed by atoms with Gasteiger partial charge in [0.2, 0.25) is 5.95 Å². The van der Waals surface area contributed by atoms with Crippen molar-refractivity contribution in [2.75, 3.05) is 11.1 Å². The van der Waals surface area contributed by atoms with Crippen LogP contribution in [0, 0.1) is 6.08 Å². The number of rotatable bonds is 6. The van der Waals surface area contributed by atoms with E-state index in [4.69, 9.17) is 10.3 Å². The third kappa shape index (κ3) is 5.04. The summed E-state index contributed by atoms with van der Waals surface area (Å²) in [6.45, 7) is 0. The zero-order valence-corrected chi connectivity index (χ0v) is 16.5. The number of hydrogen-bond acceptors (Lipinski definition) is 9. The van der Waals surface area contributed by atoms with Crippen LogP contribution in [-0.2, 0) is 26.7 Å². The summed E-state index contributed by atoms with van der Waals surface area (Å²) in [7, 11) is -9.02. The van der Waals surface area contributed by atoms with Crippen LogP contribution < -0.4 is 11.1 Å². The molecule has 0 unspecified atom stereocenters. The topological polar surface area (TPSA) is 185 Å². The van der Waals surface area contributed by atoms with Crippen molar-refractivity contribution in [2.24, 2.45) is 0 Å². The number of nitrogens with one attached hydrogen (secondary N) is 1. The molecule has 1 heterocycles. The number of nitrogen functional groups attached to an aromatic ring is 1. The second kappa shape index (κ2) is 7.91. The molecule has 14 heteroatoms. The molecular formula is C16H14FN5O6S2. The smallest absolute Gasteiger partial charge is 0.313 e. The van der Waals surface area contributed by atoms with E-state index in [1.165, 1.54) is 30.3 Å². The lowest BCUT2D eigenvalue weighted by molar-refractivity contribution is 0.480. The molecule has 0 radical (unpaired) electrons. The maximum atomic E-state index is 13.9. The maximum absolute atomic E-state index is 13.9. The van der Waals surface area contributed by atoms with E-state index < -0.39 is 31.2 Å². The summed E-state index contributed by atoms with van der Waals surface area (Å²) in [5.74, 6) is -0.399. The highest BCUT2D eigenvalue weighted by atomic mass is 32.2. The van der Waals surface area contributed by atoms with Gasteiger partial charge in [0.15, 0.2) is 0 Å². The molecule has 1 aromatic heterocycles. The van der Waals surface area contributed by atoms with Crippen LogP contribution in [0.2, 0.25) is 0 Å². The van der Waals surface area contributed by atoms with E-state index in [1.807, 2.05) is 0 Å². The molecule has 5 N–H and O–H groups in total. The summed E-state index contributed by atoms with van der Waals surface area (Å²) in [6.07, 6.45) is -1.39. The van der Waals surface area contributed by atoms with Crippen molar-refractivity contribution < 1.29 is 30.3 Å². The number of halogens is 1. The summed E-state index contributed by atoms with van der Waals surface area (Å²) in [5.41, 5.74) is 5.66. The minimum Gasteiger partial charge on any atom is -0.398 e. The Balaban J connectivity index is 1.91. The number of nitrogens with two attached hydrogens (primary N) is 1. The van der Waals surface area contributed by atoms with Crippen LogP contribution in [0.25, 0.3) is 0 Å². The van der Waals surface area contributed by atoms with E-state index in [-0.39, 0.29) is 40.0 Å². The van der Waals surface area contributed by atoms with Crippen LogP contribution in [-0.4, -0.2) is 40.9 Å². The highest BCUT2D eigenvalue weighted by molar-refractivity contribution is 7.86. The third-order valence-corrected chi connectivity index (χ3v) is 5.68. The molecule has 158 valence electrons. The van der Waals surface area contributed by atoms with Gasteiger partial charge in [0.25, 0.3) is 20.2 Å². The van der Waals surface area contributed by atoms with Crippen molar-refractivity contribution in [3.8, 4) is 0 Å². The Labute approximate surface area is 170 Å². The number of nitrogens with zero attached hydrogens (tertiary/aromatic N) is 3. The minimum absolute atomic E-state index is 0.136. The predicted molar refractivity (Wildman–Crippen MR) is 103 cm³/mol. The van der Waals surface area contributed by atoms with Gasteiger partial charge in [-0.05, 0) is 29.8 Å². The van der Waals surface area contributed by atoms with E-state index in [9.17, 15) is 25.8 Å². The van der Waals surface area contributed by atoms with Crippen molar-refractivity contribution in [3.05, 3.63) is 59.9 Å². The average Bonchev–Trinajstić information content (AvgIpc) is 2.59. The van der Waals surface area contributed by atoms with Gasteiger partial charge in [-0.25, -0.2) is 0 Å². The molecule has 30 heavy (non-hydrogen) atoms. The summed E-state index contributed by atoms with van der Waals surface area (Å²) in [4.78, 5) is 10.1. The molecule has 2 aromatic carbocycles. The second-order valence-corrected chi connectivity index (χ2v) is 8.74. The van der Waals surface area contributed by atoms with Crippen LogP contribution >= 0.6 is 0 Å². The molecule has 0 fully saturated rings. The molecule has 0 aliphatic heterocycles. The minimum atomic E-state index is -4.51. The largest absolute Gasteiger partial charge is 0.398 e. The molecule has 0 amide bonds. The Morgan fingerprint density at radius 2 is 1.60 bits per heavy atom. The molecular weight excluding hydrogens is 441 g/mol. The van der Waals surface area contributed by atoms with Crippen molar-refractivity contribution in [2.45, 2.75) is 16.2 Å². The fraction of sp³-hybridized carbons (Fsp3) is 0.0625. The monoisotopic (exact) mass is 455 g/mol. The summed E-state index contributed by atoms with van der Waals surface area (Å²) >= 11 is 0. The summed E-state index contributed by atoms with van der Waals surface area (Å²) < 4.78 is 77.6. The Hall–Kier alpha value is -3.20. The van der Waals surface area contributed by atoms with Crippen LogP contribution in [0.4, 0.5) is 21.7 Å². The predicted octanol–water partition coefficient (Wildman–Crippen LogP) is 1.42. The number of aromatic nitrogens is 3. The van der Waals surface area contributed by atoms with E-state index in [0.717, 1.165) is 12.1 Å². The van der Waals surface area contributed by atoms with Crippen molar-refractivity contribution in [1.82, 2.24) is 15.0 Å². The van der Waals surface area contributed by atoms with Crippen molar-refractivity contribution >= 4 is 37.6 Å². The van der Waals surface area contributed by atoms with Gasteiger partial charge in [-0.15, -0.1) is 0 Å². The molecule has 3 rings (SSSR count). The van der Waals surface area contributed by atoms with Gasteiger partial charge in [-0.1, -0.05) is 18.2 Å². The first-order valence-electron chi connectivity index (χ1n) is 8.03. The van der Waals surface area contributed by atoms with Crippen molar-refractivity contribution in [1.29, 1.82) is 0 Å². The molecule has 0 spiro atoms. The third-order valence-electron chi connectivity index (χ3n) is 3.80. The summed E-state index contributed by atoms with van der Waals surface area (Å²) in [6, 6.07) is 8.97. The standard InChI is InChI=1S/C16H14FN5O6S2/c17-15-20-14(7-9-3-1-2-4-12(9)29(23,24)25)21-16(22-15)19-10-5-6-13(11(18)8-10)30(26,27)28/h1-6,8H,7,18H2,(H,23,24,25)(H,26,27,28)(H,19,20,21,22). The first kappa shape index (κ1) is 21.5.